The van der Waals surface area contributed by atoms with Crippen molar-refractivity contribution in [3.63, 3.8) is 0 Å². The van der Waals surface area contributed by atoms with Crippen molar-refractivity contribution in [3.05, 3.63) is 34.4 Å². The molecule has 1 aliphatic carbocycles. The standard InChI is InChI=1S/C14H20O2/c1-9-5-10(2)14-11(6-9)3-4-12(7-15)13(14)8-16/h3-4,9-10,15-16H,5-8H2,1-2H3/t9-,10+/m1/s1. The van der Waals surface area contributed by atoms with Gasteiger partial charge in [-0.1, -0.05) is 26.0 Å². The van der Waals surface area contributed by atoms with Crippen molar-refractivity contribution in [1.29, 1.82) is 0 Å². The highest BCUT2D eigenvalue weighted by Gasteiger charge is 2.24. The molecule has 0 aliphatic heterocycles. The van der Waals surface area contributed by atoms with Crippen LogP contribution in [0.1, 0.15) is 48.4 Å². The second kappa shape index (κ2) is 4.56. The van der Waals surface area contributed by atoms with Crippen LogP contribution in [0.4, 0.5) is 0 Å². The lowest BCUT2D eigenvalue weighted by atomic mass is 9.75. The van der Waals surface area contributed by atoms with Gasteiger partial charge >= 0.3 is 0 Å². The first-order valence-corrected chi connectivity index (χ1v) is 6.02. The lowest BCUT2D eigenvalue weighted by Gasteiger charge is -2.30. The first-order valence-electron chi connectivity index (χ1n) is 6.02. The van der Waals surface area contributed by atoms with E-state index in [9.17, 15) is 10.2 Å². The lowest BCUT2D eigenvalue weighted by Crippen LogP contribution is -2.18. The van der Waals surface area contributed by atoms with E-state index in [1.54, 1.807) is 0 Å². The van der Waals surface area contributed by atoms with Gasteiger partial charge < -0.3 is 10.2 Å². The molecule has 0 aromatic heterocycles. The van der Waals surface area contributed by atoms with Gasteiger partial charge in [-0.15, -0.1) is 0 Å². The Kier molecular flexibility index (Phi) is 3.31. The maximum Gasteiger partial charge on any atom is 0.0688 e. The van der Waals surface area contributed by atoms with E-state index in [1.807, 2.05) is 6.07 Å². The molecule has 2 heteroatoms. The molecule has 0 saturated heterocycles. The molecule has 2 N–H and O–H groups in total. The molecule has 0 unspecified atom stereocenters. The third kappa shape index (κ3) is 1.87. The van der Waals surface area contributed by atoms with Gasteiger partial charge in [0, 0.05) is 0 Å². The molecule has 88 valence electrons. The fraction of sp³-hybridized carbons (Fsp3) is 0.571. The Balaban J connectivity index is 2.54. The molecule has 1 aromatic carbocycles. The van der Waals surface area contributed by atoms with Gasteiger partial charge in [0.05, 0.1) is 13.2 Å². The number of aliphatic hydroxyl groups is 2. The molecule has 1 aromatic rings. The van der Waals surface area contributed by atoms with Crippen LogP contribution in [0, 0.1) is 5.92 Å². The van der Waals surface area contributed by atoms with E-state index in [1.165, 1.54) is 17.5 Å². The smallest absolute Gasteiger partial charge is 0.0688 e. The van der Waals surface area contributed by atoms with Crippen LogP contribution in [-0.2, 0) is 19.6 Å². The highest BCUT2D eigenvalue weighted by Crippen LogP contribution is 2.37. The maximum atomic E-state index is 9.48. The van der Waals surface area contributed by atoms with Gasteiger partial charge in [0.1, 0.15) is 0 Å². The molecule has 16 heavy (non-hydrogen) atoms. The third-order valence-corrected chi connectivity index (χ3v) is 3.69. The average Bonchev–Trinajstić information content (AvgIpc) is 2.27. The normalized spacial score (nSPS) is 24.2. The lowest BCUT2D eigenvalue weighted by molar-refractivity contribution is 0.257. The van der Waals surface area contributed by atoms with E-state index in [0.29, 0.717) is 11.8 Å². The number of hydrogen-bond donors (Lipinski definition) is 2. The Morgan fingerprint density at radius 2 is 1.94 bits per heavy atom. The second-order valence-electron chi connectivity index (χ2n) is 5.04. The summed E-state index contributed by atoms with van der Waals surface area (Å²) in [6.45, 7) is 4.55. The Labute approximate surface area is 96.9 Å². The highest BCUT2D eigenvalue weighted by molar-refractivity contribution is 5.44. The topological polar surface area (TPSA) is 40.5 Å². The molecule has 0 fully saturated rings. The molecule has 0 spiro atoms. The molecular weight excluding hydrogens is 200 g/mol. The predicted octanol–water partition coefficient (Wildman–Crippen LogP) is 2.36. The second-order valence-corrected chi connectivity index (χ2v) is 5.04. The summed E-state index contributed by atoms with van der Waals surface area (Å²) in [6, 6.07) is 4.07. The number of benzene rings is 1. The molecule has 0 radical (unpaired) electrons. The molecule has 2 atom stereocenters. The quantitative estimate of drug-likeness (QED) is 0.803. The van der Waals surface area contributed by atoms with Crippen molar-refractivity contribution in [2.24, 2.45) is 5.92 Å². The van der Waals surface area contributed by atoms with Crippen LogP contribution in [-0.4, -0.2) is 10.2 Å². The van der Waals surface area contributed by atoms with Gasteiger partial charge in [-0.2, -0.15) is 0 Å². The molecule has 1 aliphatic rings. The predicted molar refractivity (Wildman–Crippen MR) is 64.2 cm³/mol. The number of hydrogen-bond acceptors (Lipinski definition) is 2. The van der Waals surface area contributed by atoms with Gasteiger partial charge in [0.25, 0.3) is 0 Å². The molecule has 0 heterocycles. The van der Waals surface area contributed by atoms with Crippen LogP contribution in [0.15, 0.2) is 12.1 Å². The first kappa shape index (κ1) is 11.6. The van der Waals surface area contributed by atoms with Crippen molar-refractivity contribution >= 4 is 0 Å². The summed E-state index contributed by atoms with van der Waals surface area (Å²) >= 11 is 0. The zero-order valence-corrected chi connectivity index (χ0v) is 10.0. The average molecular weight is 220 g/mol. The van der Waals surface area contributed by atoms with Crippen molar-refractivity contribution in [2.45, 2.75) is 45.8 Å². The summed E-state index contributed by atoms with van der Waals surface area (Å²) in [7, 11) is 0. The minimum atomic E-state index is 0.0193. The van der Waals surface area contributed by atoms with E-state index in [-0.39, 0.29) is 13.2 Å². The molecule has 2 rings (SSSR count). The number of fused-ring (bicyclic) bond motifs is 1. The van der Waals surface area contributed by atoms with Gasteiger partial charge in [0.15, 0.2) is 0 Å². The zero-order chi connectivity index (χ0) is 11.7. The van der Waals surface area contributed by atoms with Crippen molar-refractivity contribution < 1.29 is 10.2 Å². The van der Waals surface area contributed by atoms with Gasteiger partial charge in [0.2, 0.25) is 0 Å². The van der Waals surface area contributed by atoms with Crippen molar-refractivity contribution in [1.82, 2.24) is 0 Å². The molecule has 0 saturated carbocycles. The highest BCUT2D eigenvalue weighted by atomic mass is 16.3. The zero-order valence-electron chi connectivity index (χ0n) is 10.0. The van der Waals surface area contributed by atoms with Gasteiger partial charge in [-0.05, 0) is 46.9 Å². The Hall–Kier alpha value is -0.860. The summed E-state index contributed by atoms with van der Waals surface area (Å²) in [6.07, 6.45) is 2.27. The SMILES string of the molecule is C[C@H]1Cc2ccc(CO)c(CO)c2[C@@H](C)C1. The summed E-state index contributed by atoms with van der Waals surface area (Å²) in [4.78, 5) is 0. The largest absolute Gasteiger partial charge is 0.392 e. The number of aliphatic hydroxyl groups excluding tert-OH is 2. The van der Waals surface area contributed by atoms with E-state index in [2.05, 4.69) is 19.9 Å². The Morgan fingerprint density at radius 3 is 2.56 bits per heavy atom. The van der Waals surface area contributed by atoms with E-state index in [4.69, 9.17) is 0 Å². The molecular formula is C14H20O2. The van der Waals surface area contributed by atoms with E-state index in [0.717, 1.165) is 17.5 Å². The molecule has 2 nitrogen and oxygen atoms in total. The van der Waals surface area contributed by atoms with Crippen molar-refractivity contribution in [2.75, 3.05) is 0 Å². The molecule has 0 amide bonds. The van der Waals surface area contributed by atoms with Crippen LogP contribution in [0.3, 0.4) is 0 Å². The summed E-state index contributed by atoms with van der Waals surface area (Å²) in [5, 5.41) is 18.8. The van der Waals surface area contributed by atoms with Crippen LogP contribution in [0.25, 0.3) is 0 Å². The maximum absolute atomic E-state index is 9.48. The van der Waals surface area contributed by atoms with Crippen molar-refractivity contribution in [3.8, 4) is 0 Å². The summed E-state index contributed by atoms with van der Waals surface area (Å²) in [5.74, 6) is 1.21. The van der Waals surface area contributed by atoms with Crippen LogP contribution < -0.4 is 0 Å². The van der Waals surface area contributed by atoms with E-state index >= 15 is 0 Å². The van der Waals surface area contributed by atoms with Crippen LogP contribution in [0.2, 0.25) is 0 Å². The Morgan fingerprint density at radius 1 is 1.19 bits per heavy atom. The first-order chi connectivity index (χ1) is 7.67. The third-order valence-electron chi connectivity index (χ3n) is 3.69. The summed E-state index contributed by atoms with van der Waals surface area (Å²) in [5.41, 5.74) is 4.47. The van der Waals surface area contributed by atoms with Gasteiger partial charge in [-0.3, -0.25) is 0 Å². The van der Waals surface area contributed by atoms with E-state index < -0.39 is 0 Å². The number of rotatable bonds is 2. The monoisotopic (exact) mass is 220 g/mol. The summed E-state index contributed by atoms with van der Waals surface area (Å²) < 4.78 is 0. The fourth-order valence-electron chi connectivity index (χ4n) is 3.07. The van der Waals surface area contributed by atoms with Crippen LogP contribution >= 0.6 is 0 Å². The van der Waals surface area contributed by atoms with Gasteiger partial charge in [-0.25, -0.2) is 0 Å². The minimum Gasteiger partial charge on any atom is -0.392 e. The minimum absolute atomic E-state index is 0.0193. The molecule has 0 bridgehead atoms. The fourth-order valence-corrected chi connectivity index (χ4v) is 3.07. The van der Waals surface area contributed by atoms with Crippen LogP contribution in [0.5, 0.6) is 0 Å². The Bertz CT molecular complexity index is 385.